The molecule has 4 rings (SSSR count). The average molecular weight is 527 g/mol. The Labute approximate surface area is 214 Å². The summed E-state index contributed by atoms with van der Waals surface area (Å²) in [5.41, 5.74) is 1.06. The number of ether oxygens (including phenoxy) is 3. The SMILES string of the molecule is COc1ccc(S(=O)(=O)N2Cc3ccccc3N(C(=O)c3ccc(OC)cc3OC)CC2C(=O)O)cc1. The number of carboxylic acid groups (broad SMARTS) is 1. The first kappa shape index (κ1) is 26.0. The van der Waals surface area contributed by atoms with Gasteiger partial charge < -0.3 is 24.2 Å². The first-order valence-electron chi connectivity index (χ1n) is 11.2. The van der Waals surface area contributed by atoms with Gasteiger partial charge in [-0.3, -0.25) is 9.59 Å². The van der Waals surface area contributed by atoms with Crippen molar-refractivity contribution in [3.8, 4) is 17.2 Å². The molecule has 0 aromatic heterocycles. The van der Waals surface area contributed by atoms with Gasteiger partial charge in [-0.1, -0.05) is 18.2 Å². The molecule has 10 nitrogen and oxygen atoms in total. The summed E-state index contributed by atoms with van der Waals surface area (Å²) in [5, 5.41) is 10.1. The van der Waals surface area contributed by atoms with Crippen LogP contribution in [0.5, 0.6) is 17.2 Å². The molecule has 1 aliphatic heterocycles. The van der Waals surface area contributed by atoms with E-state index in [9.17, 15) is 23.1 Å². The number of aliphatic carboxylic acids is 1. The number of hydrogen-bond donors (Lipinski definition) is 1. The van der Waals surface area contributed by atoms with Crippen molar-refractivity contribution >= 4 is 27.6 Å². The minimum absolute atomic E-state index is 0.0892. The van der Waals surface area contributed by atoms with Gasteiger partial charge in [0.25, 0.3) is 5.91 Å². The van der Waals surface area contributed by atoms with Crippen LogP contribution in [0.15, 0.2) is 71.6 Å². The molecule has 0 saturated carbocycles. The van der Waals surface area contributed by atoms with E-state index in [1.54, 1.807) is 36.4 Å². The Morgan fingerprint density at radius 3 is 2.16 bits per heavy atom. The second kappa shape index (κ2) is 10.5. The fraction of sp³-hybridized carbons (Fsp3) is 0.231. The second-order valence-corrected chi connectivity index (χ2v) is 10.1. The molecule has 1 N–H and O–H groups in total. The molecule has 0 bridgehead atoms. The predicted octanol–water partition coefficient (Wildman–Crippen LogP) is 3.02. The highest BCUT2D eigenvalue weighted by Crippen LogP contribution is 2.34. The van der Waals surface area contributed by atoms with E-state index in [0.29, 0.717) is 22.7 Å². The van der Waals surface area contributed by atoms with Crippen molar-refractivity contribution < 1.29 is 37.3 Å². The van der Waals surface area contributed by atoms with E-state index in [-0.39, 0.29) is 22.8 Å². The number of para-hydroxylation sites is 1. The first-order valence-corrected chi connectivity index (χ1v) is 12.7. The Bertz CT molecular complexity index is 1420. The van der Waals surface area contributed by atoms with Crippen molar-refractivity contribution in [1.29, 1.82) is 0 Å². The topological polar surface area (TPSA) is 123 Å². The minimum Gasteiger partial charge on any atom is -0.497 e. The number of sulfonamides is 1. The monoisotopic (exact) mass is 526 g/mol. The number of anilines is 1. The van der Waals surface area contributed by atoms with Crippen LogP contribution < -0.4 is 19.1 Å². The Balaban J connectivity index is 1.81. The number of carbonyl (C=O) groups is 2. The number of carboxylic acids is 1. The molecule has 3 aromatic carbocycles. The lowest BCUT2D eigenvalue weighted by Gasteiger charge is -2.28. The van der Waals surface area contributed by atoms with Crippen molar-refractivity contribution in [2.45, 2.75) is 17.5 Å². The summed E-state index contributed by atoms with van der Waals surface area (Å²) < 4.78 is 43.9. The van der Waals surface area contributed by atoms with Crippen LogP contribution in [-0.2, 0) is 21.4 Å². The maximum Gasteiger partial charge on any atom is 0.323 e. The van der Waals surface area contributed by atoms with Gasteiger partial charge in [0, 0.05) is 18.3 Å². The number of rotatable bonds is 7. The van der Waals surface area contributed by atoms with E-state index in [0.717, 1.165) is 4.31 Å². The zero-order chi connectivity index (χ0) is 26.7. The van der Waals surface area contributed by atoms with Crippen molar-refractivity contribution in [1.82, 2.24) is 4.31 Å². The van der Waals surface area contributed by atoms with E-state index in [2.05, 4.69) is 0 Å². The molecule has 194 valence electrons. The molecule has 1 unspecified atom stereocenters. The van der Waals surface area contributed by atoms with E-state index in [4.69, 9.17) is 14.2 Å². The molecule has 1 amide bonds. The number of hydrogen-bond acceptors (Lipinski definition) is 7. The van der Waals surface area contributed by atoms with Gasteiger partial charge in [-0.05, 0) is 48.0 Å². The summed E-state index contributed by atoms with van der Waals surface area (Å²) in [6.45, 7) is -0.666. The van der Waals surface area contributed by atoms with Crippen LogP contribution in [0.2, 0.25) is 0 Å². The van der Waals surface area contributed by atoms with Crippen LogP contribution >= 0.6 is 0 Å². The summed E-state index contributed by atoms with van der Waals surface area (Å²) in [4.78, 5) is 27.4. The van der Waals surface area contributed by atoms with E-state index in [1.165, 1.54) is 56.6 Å². The van der Waals surface area contributed by atoms with Crippen molar-refractivity contribution in [3.63, 3.8) is 0 Å². The lowest BCUT2D eigenvalue weighted by atomic mass is 10.1. The summed E-state index contributed by atoms with van der Waals surface area (Å²) in [5.74, 6) is -0.753. The van der Waals surface area contributed by atoms with Crippen molar-refractivity contribution in [2.24, 2.45) is 0 Å². The lowest BCUT2D eigenvalue weighted by Crippen LogP contribution is -2.50. The number of nitrogens with zero attached hydrogens (tertiary/aromatic N) is 2. The third-order valence-electron chi connectivity index (χ3n) is 6.15. The normalized spacial score (nSPS) is 15.9. The van der Waals surface area contributed by atoms with Crippen LogP contribution in [-0.4, -0.2) is 63.6 Å². The average Bonchev–Trinajstić information content (AvgIpc) is 3.10. The molecule has 3 aromatic rings. The van der Waals surface area contributed by atoms with Gasteiger partial charge in [-0.15, -0.1) is 0 Å². The molecule has 0 fully saturated rings. The third-order valence-corrected chi connectivity index (χ3v) is 8.02. The molecule has 11 heteroatoms. The Morgan fingerprint density at radius 1 is 0.892 bits per heavy atom. The van der Waals surface area contributed by atoms with Crippen LogP contribution in [0.1, 0.15) is 15.9 Å². The maximum atomic E-state index is 13.8. The fourth-order valence-electron chi connectivity index (χ4n) is 4.20. The number of carbonyl (C=O) groups excluding carboxylic acids is 1. The number of methoxy groups -OCH3 is 3. The summed E-state index contributed by atoms with van der Waals surface area (Å²) in [7, 11) is 0.0830. The molecule has 0 radical (unpaired) electrons. The van der Waals surface area contributed by atoms with Gasteiger partial charge in [-0.2, -0.15) is 4.31 Å². The van der Waals surface area contributed by atoms with Crippen LogP contribution in [0, 0.1) is 0 Å². The minimum atomic E-state index is -4.27. The Morgan fingerprint density at radius 2 is 1.54 bits per heavy atom. The number of fused-ring (bicyclic) bond motifs is 1. The molecule has 1 aliphatic rings. The third kappa shape index (κ3) is 4.95. The standard InChI is InChI=1S/C26H26N2O8S/c1-34-18-8-11-20(12-9-18)37(32,33)28-15-17-6-4-5-7-22(17)27(16-23(28)26(30)31)25(29)21-13-10-19(35-2)14-24(21)36-3/h4-14,23H,15-16H2,1-3H3,(H,30,31). The molecular weight excluding hydrogens is 500 g/mol. The molecule has 0 aliphatic carbocycles. The smallest absolute Gasteiger partial charge is 0.323 e. The van der Waals surface area contributed by atoms with Crippen molar-refractivity contribution in [3.05, 3.63) is 77.9 Å². The predicted molar refractivity (Wildman–Crippen MR) is 135 cm³/mol. The van der Waals surface area contributed by atoms with Crippen LogP contribution in [0.25, 0.3) is 0 Å². The molecule has 0 spiro atoms. The van der Waals surface area contributed by atoms with Gasteiger partial charge in [-0.25, -0.2) is 8.42 Å². The lowest BCUT2D eigenvalue weighted by molar-refractivity contribution is -0.141. The van der Waals surface area contributed by atoms with Gasteiger partial charge >= 0.3 is 5.97 Å². The van der Waals surface area contributed by atoms with Gasteiger partial charge in [0.05, 0.1) is 38.3 Å². The maximum absolute atomic E-state index is 13.8. The largest absolute Gasteiger partial charge is 0.497 e. The highest BCUT2D eigenvalue weighted by atomic mass is 32.2. The number of benzene rings is 3. The summed E-state index contributed by atoms with van der Waals surface area (Å²) >= 11 is 0. The van der Waals surface area contributed by atoms with Crippen molar-refractivity contribution in [2.75, 3.05) is 32.8 Å². The number of amides is 1. The highest BCUT2D eigenvalue weighted by molar-refractivity contribution is 7.89. The summed E-state index contributed by atoms with van der Waals surface area (Å²) in [6, 6.07) is 15.5. The zero-order valence-corrected chi connectivity index (χ0v) is 21.3. The Hall–Kier alpha value is -4.09. The van der Waals surface area contributed by atoms with E-state index in [1.807, 2.05) is 0 Å². The quantitative estimate of drug-likeness (QED) is 0.499. The van der Waals surface area contributed by atoms with E-state index >= 15 is 0 Å². The second-order valence-electron chi connectivity index (χ2n) is 8.19. The zero-order valence-electron chi connectivity index (χ0n) is 20.5. The first-order chi connectivity index (χ1) is 17.7. The fourth-order valence-corrected chi connectivity index (χ4v) is 5.75. The molecule has 0 saturated heterocycles. The molecule has 37 heavy (non-hydrogen) atoms. The van der Waals surface area contributed by atoms with Crippen LogP contribution in [0.4, 0.5) is 5.69 Å². The molecule has 1 heterocycles. The molecular formula is C26H26N2O8S. The van der Waals surface area contributed by atoms with E-state index < -0.39 is 34.5 Å². The van der Waals surface area contributed by atoms with Gasteiger partial charge in [0.15, 0.2) is 0 Å². The van der Waals surface area contributed by atoms with Gasteiger partial charge in [0.2, 0.25) is 10.0 Å². The molecule has 1 atom stereocenters. The highest BCUT2D eigenvalue weighted by Gasteiger charge is 2.42. The summed E-state index contributed by atoms with van der Waals surface area (Å²) in [6.07, 6.45) is 0. The van der Waals surface area contributed by atoms with Crippen LogP contribution in [0.3, 0.4) is 0 Å². The Kier molecular flexibility index (Phi) is 7.37. The van der Waals surface area contributed by atoms with Gasteiger partial charge in [0.1, 0.15) is 23.3 Å².